The molecule has 0 unspecified atom stereocenters. The summed E-state index contributed by atoms with van der Waals surface area (Å²) in [6, 6.07) is 13.7. The molecule has 4 nitrogen and oxygen atoms in total. The van der Waals surface area contributed by atoms with E-state index in [9.17, 15) is 13.2 Å². The Morgan fingerprint density at radius 3 is 2.39 bits per heavy atom. The van der Waals surface area contributed by atoms with Gasteiger partial charge in [0.25, 0.3) is 0 Å². The van der Waals surface area contributed by atoms with Crippen molar-refractivity contribution in [3.63, 3.8) is 0 Å². The van der Waals surface area contributed by atoms with Crippen LogP contribution in [-0.2, 0) is 6.42 Å². The van der Waals surface area contributed by atoms with Crippen LogP contribution in [0.25, 0.3) is 16.9 Å². The molecule has 4 rings (SSSR count). The van der Waals surface area contributed by atoms with Crippen molar-refractivity contribution in [3.8, 4) is 22.7 Å². The summed E-state index contributed by atoms with van der Waals surface area (Å²) in [5.74, 6) is 0.635. The first-order valence-electron chi connectivity index (χ1n) is 8.88. The Bertz CT molecular complexity index is 966. The second-order valence-electron chi connectivity index (χ2n) is 6.52. The lowest BCUT2D eigenvalue weighted by molar-refractivity contribution is -0.274. The van der Waals surface area contributed by atoms with Crippen molar-refractivity contribution in [2.24, 2.45) is 0 Å². The molecule has 0 amide bonds. The van der Waals surface area contributed by atoms with Gasteiger partial charge in [0.15, 0.2) is 0 Å². The number of nitrogens with one attached hydrogen (secondary N) is 1. The lowest BCUT2D eigenvalue weighted by Crippen LogP contribution is -2.17. The molecule has 2 heterocycles. The fraction of sp³-hybridized carbons (Fsp3) is 0.250. The summed E-state index contributed by atoms with van der Waals surface area (Å²) < 4.78 is 43.9. The Balaban J connectivity index is 1.76. The van der Waals surface area contributed by atoms with Gasteiger partial charge < -0.3 is 10.1 Å². The monoisotopic (exact) mass is 451 g/mol. The molecule has 3 aromatic rings. The van der Waals surface area contributed by atoms with Gasteiger partial charge >= 0.3 is 6.36 Å². The number of benzene rings is 2. The van der Waals surface area contributed by atoms with Crippen LogP contribution in [0.2, 0.25) is 0 Å². The van der Waals surface area contributed by atoms with E-state index < -0.39 is 6.36 Å². The first-order chi connectivity index (χ1) is 13.4. The summed E-state index contributed by atoms with van der Waals surface area (Å²) in [6.45, 7) is 0.827. The molecule has 28 heavy (non-hydrogen) atoms. The number of alkyl halides is 3. The van der Waals surface area contributed by atoms with E-state index in [0.717, 1.165) is 52.9 Å². The maximum atomic E-state index is 12.4. The van der Waals surface area contributed by atoms with Crippen molar-refractivity contribution >= 4 is 21.7 Å². The molecule has 8 heteroatoms. The molecule has 0 atom stereocenters. The number of nitrogens with zero attached hydrogens (tertiary/aromatic N) is 2. The highest BCUT2D eigenvalue weighted by Crippen LogP contribution is 2.35. The average molecular weight is 452 g/mol. The van der Waals surface area contributed by atoms with Crippen LogP contribution in [-0.4, -0.2) is 22.7 Å². The maximum absolute atomic E-state index is 12.4. The van der Waals surface area contributed by atoms with Crippen LogP contribution in [0.4, 0.5) is 19.0 Å². The third kappa shape index (κ3) is 4.01. The molecule has 146 valence electrons. The lowest BCUT2D eigenvalue weighted by atomic mass is 10.0. The molecular weight excluding hydrogens is 435 g/mol. The predicted molar refractivity (Wildman–Crippen MR) is 105 cm³/mol. The molecule has 1 aliphatic rings. The highest BCUT2D eigenvalue weighted by atomic mass is 79.9. The molecule has 0 bridgehead atoms. The number of rotatable bonds is 3. The van der Waals surface area contributed by atoms with Crippen LogP contribution in [0.3, 0.4) is 0 Å². The Hall–Kier alpha value is -2.48. The third-order valence-corrected chi connectivity index (χ3v) is 5.09. The Morgan fingerprint density at radius 1 is 1.00 bits per heavy atom. The molecule has 0 radical (unpaired) electrons. The molecule has 1 aromatic heterocycles. The van der Waals surface area contributed by atoms with E-state index in [0.29, 0.717) is 5.69 Å². The van der Waals surface area contributed by atoms with Gasteiger partial charge in [-0.05, 0) is 55.7 Å². The van der Waals surface area contributed by atoms with E-state index in [1.807, 2.05) is 24.3 Å². The number of aromatic nitrogens is 2. The van der Waals surface area contributed by atoms with Crippen molar-refractivity contribution in [3.05, 3.63) is 58.6 Å². The van der Waals surface area contributed by atoms with E-state index in [1.165, 1.54) is 12.1 Å². The molecule has 1 N–H and O–H groups in total. The summed E-state index contributed by atoms with van der Waals surface area (Å²) in [4.78, 5) is 0. The van der Waals surface area contributed by atoms with Gasteiger partial charge in [-0.25, -0.2) is 4.68 Å². The van der Waals surface area contributed by atoms with E-state index >= 15 is 0 Å². The number of anilines is 1. The van der Waals surface area contributed by atoms with Crippen molar-refractivity contribution in [2.75, 3.05) is 11.9 Å². The van der Waals surface area contributed by atoms with Gasteiger partial charge in [0.2, 0.25) is 0 Å². The summed E-state index contributed by atoms with van der Waals surface area (Å²) >= 11 is 3.44. The number of halogens is 4. The summed E-state index contributed by atoms with van der Waals surface area (Å²) in [6.07, 6.45) is -1.72. The maximum Gasteiger partial charge on any atom is 0.573 e. The van der Waals surface area contributed by atoms with Crippen LogP contribution in [0.5, 0.6) is 5.75 Å². The minimum absolute atomic E-state index is 0.254. The predicted octanol–water partition coefficient (Wildman–Crippen LogP) is 5.95. The zero-order valence-corrected chi connectivity index (χ0v) is 16.3. The van der Waals surface area contributed by atoms with Gasteiger partial charge in [0.1, 0.15) is 11.6 Å². The van der Waals surface area contributed by atoms with Crippen molar-refractivity contribution in [2.45, 2.75) is 25.6 Å². The minimum Gasteiger partial charge on any atom is -0.406 e. The first-order valence-corrected chi connectivity index (χ1v) is 9.68. The number of ether oxygens (including phenoxy) is 1. The van der Waals surface area contributed by atoms with Crippen molar-refractivity contribution < 1.29 is 17.9 Å². The van der Waals surface area contributed by atoms with Gasteiger partial charge in [0, 0.05) is 22.1 Å². The van der Waals surface area contributed by atoms with Gasteiger partial charge in [-0.3, -0.25) is 0 Å². The average Bonchev–Trinajstić information content (AvgIpc) is 2.83. The lowest BCUT2D eigenvalue weighted by Gasteiger charge is -2.11. The van der Waals surface area contributed by atoms with E-state index in [4.69, 9.17) is 5.10 Å². The molecule has 0 fully saturated rings. The normalized spacial score (nSPS) is 14.1. The van der Waals surface area contributed by atoms with Crippen LogP contribution in [0.1, 0.15) is 18.4 Å². The molecular formula is C20H17BrF3N3O. The summed E-state index contributed by atoms with van der Waals surface area (Å²) in [5.41, 5.74) is 3.67. The summed E-state index contributed by atoms with van der Waals surface area (Å²) in [7, 11) is 0. The van der Waals surface area contributed by atoms with E-state index in [-0.39, 0.29) is 5.75 Å². The van der Waals surface area contributed by atoms with Crippen LogP contribution in [0.15, 0.2) is 53.0 Å². The van der Waals surface area contributed by atoms with Gasteiger partial charge in [-0.2, -0.15) is 5.10 Å². The first kappa shape index (κ1) is 18.9. The standard InChI is InChI=1S/C20H17BrF3N3O/c21-14-6-4-13(5-7-14)18-17-3-1-2-12-25-19(17)27(26-18)15-8-10-16(11-9-15)28-20(22,23)24/h4-11,25H,1-3,12H2. The van der Waals surface area contributed by atoms with Gasteiger partial charge in [0.05, 0.1) is 11.4 Å². The SMILES string of the molecule is FC(F)(F)Oc1ccc(-n2nc(-c3ccc(Br)cc3)c3c2NCCCC3)cc1. The van der Waals surface area contributed by atoms with Crippen LogP contribution < -0.4 is 10.1 Å². The molecule has 0 saturated carbocycles. The molecule has 2 aromatic carbocycles. The van der Waals surface area contributed by atoms with Crippen molar-refractivity contribution in [1.82, 2.24) is 9.78 Å². The highest BCUT2D eigenvalue weighted by molar-refractivity contribution is 9.10. The topological polar surface area (TPSA) is 39.1 Å². The Morgan fingerprint density at radius 2 is 1.71 bits per heavy atom. The minimum atomic E-state index is -4.71. The Kier molecular flexibility index (Phi) is 5.05. The smallest absolute Gasteiger partial charge is 0.406 e. The van der Waals surface area contributed by atoms with Gasteiger partial charge in [-0.15, -0.1) is 13.2 Å². The largest absolute Gasteiger partial charge is 0.573 e. The van der Waals surface area contributed by atoms with E-state index in [1.54, 1.807) is 16.8 Å². The summed E-state index contributed by atoms with van der Waals surface area (Å²) in [5, 5.41) is 8.21. The van der Waals surface area contributed by atoms with Crippen molar-refractivity contribution in [1.29, 1.82) is 0 Å². The molecule has 0 aliphatic carbocycles. The van der Waals surface area contributed by atoms with Crippen LogP contribution in [0, 0.1) is 0 Å². The third-order valence-electron chi connectivity index (χ3n) is 4.56. The fourth-order valence-corrected chi connectivity index (χ4v) is 3.58. The fourth-order valence-electron chi connectivity index (χ4n) is 3.32. The molecule has 0 saturated heterocycles. The number of hydrogen-bond donors (Lipinski definition) is 1. The number of fused-ring (bicyclic) bond motifs is 1. The van der Waals surface area contributed by atoms with E-state index in [2.05, 4.69) is 26.0 Å². The van der Waals surface area contributed by atoms with Crippen LogP contribution >= 0.6 is 15.9 Å². The number of hydrogen-bond acceptors (Lipinski definition) is 3. The quantitative estimate of drug-likeness (QED) is 0.534. The Labute approximate surface area is 168 Å². The zero-order chi connectivity index (χ0) is 19.7. The van der Waals surface area contributed by atoms with Gasteiger partial charge in [-0.1, -0.05) is 28.1 Å². The molecule has 1 aliphatic heterocycles. The highest BCUT2D eigenvalue weighted by Gasteiger charge is 2.31. The zero-order valence-electron chi connectivity index (χ0n) is 14.8. The second-order valence-corrected chi connectivity index (χ2v) is 7.44. The molecule has 0 spiro atoms. The second kappa shape index (κ2) is 7.50.